The average molecular weight is 541 g/mol. The molecular weight excluding hydrogens is 513 g/mol. The van der Waals surface area contributed by atoms with Crippen molar-refractivity contribution in [2.45, 2.75) is 32.8 Å². The molecule has 189 valence electrons. The molecule has 0 aliphatic carbocycles. The van der Waals surface area contributed by atoms with Gasteiger partial charge in [0.25, 0.3) is 0 Å². The molecule has 0 amide bonds. The number of rotatable bonds is 6. The fraction of sp³-hybridized carbons (Fsp3) is 0.194. The number of aliphatic imine (C=N–C) groups is 4. The Hall–Kier alpha value is -3.77. The third-order valence-electron chi connectivity index (χ3n) is 6.45. The van der Waals surface area contributed by atoms with E-state index in [-0.39, 0.29) is 23.2 Å². The molecule has 0 saturated heterocycles. The van der Waals surface area contributed by atoms with Crippen molar-refractivity contribution >= 4 is 28.4 Å². The van der Waals surface area contributed by atoms with Crippen LogP contribution in [-0.2, 0) is 21.8 Å². The van der Waals surface area contributed by atoms with Crippen molar-refractivity contribution in [3.8, 4) is 0 Å². The molecule has 7 heteroatoms. The summed E-state index contributed by atoms with van der Waals surface area (Å²) in [6.45, 7) is 4.95. The number of allylic oxidation sites excluding steroid dienone is 11. The maximum absolute atomic E-state index is 6.30. The Labute approximate surface area is 233 Å². The molecule has 0 aromatic carbocycles. The first-order valence-corrected chi connectivity index (χ1v) is 12.7. The van der Waals surface area contributed by atoms with Crippen LogP contribution in [0.25, 0.3) is 5.57 Å². The summed E-state index contributed by atoms with van der Waals surface area (Å²) in [6.07, 6.45) is 23.8. The standard InChI is InChI=1S/C31H27N5O.Mn/c1-3-4-15-37-20(2)30-28-18-25-12-10-23(34-25)16-21-8-9-22(33-21)17-24-11-13-26(35-24)19-29(36-28)31(30)27-7-5-6-14-32-27;/h5-14,16-20H,3-4,15H2,1-2H3;. The summed E-state index contributed by atoms with van der Waals surface area (Å²) in [4.78, 5) is 24.1. The Morgan fingerprint density at radius 3 is 2.00 bits per heavy atom. The van der Waals surface area contributed by atoms with Gasteiger partial charge in [0.05, 0.1) is 57.4 Å². The number of aromatic nitrogens is 1. The van der Waals surface area contributed by atoms with Crippen molar-refractivity contribution in [1.29, 1.82) is 0 Å². The minimum atomic E-state index is -0.171. The van der Waals surface area contributed by atoms with E-state index < -0.39 is 0 Å². The van der Waals surface area contributed by atoms with Gasteiger partial charge in [-0.25, -0.2) is 20.0 Å². The maximum Gasteiger partial charge on any atom is 0.0825 e. The van der Waals surface area contributed by atoms with Crippen LogP contribution in [0.1, 0.15) is 32.4 Å². The number of fused-ring (bicyclic) bond motifs is 4. The quantitative estimate of drug-likeness (QED) is 0.324. The molecule has 38 heavy (non-hydrogen) atoms. The molecule has 5 aliphatic heterocycles. The number of hydrogen-bond donors (Lipinski definition) is 0. The first-order chi connectivity index (χ1) is 18.2. The molecule has 0 spiro atoms. The van der Waals surface area contributed by atoms with E-state index in [1.165, 1.54) is 0 Å². The zero-order chi connectivity index (χ0) is 25.2. The van der Waals surface area contributed by atoms with Crippen LogP contribution in [-0.4, -0.2) is 40.5 Å². The van der Waals surface area contributed by atoms with Gasteiger partial charge in [-0.15, -0.1) is 0 Å². The summed E-state index contributed by atoms with van der Waals surface area (Å²) in [5.74, 6) is 0. The van der Waals surface area contributed by atoms with Crippen LogP contribution >= 0.6 is 0 Å². The number of pyridine rings is 1. The van der Waals surface area contributed by atoms with Gasteiger partial charge in [-0.05, 0) is 86.2 Å². The zero-order valence-corrected chi connectivity index (χ0v) is 22.5. The van der Waals surface area contributed by atoms with E-state index in [0.29, 0.717) is 6.61 Å². The van der Waals surface area contributed by atoms with Crippen LogP contribution in [0.15, 0.2) is 133 Å². The van der Waals surface area contributed by atoms with Crippen molar-refractivity contribution in [2.75, 3.05) is 6.61 Å². The summed E-state index contributed by atoms with van der Waals surface area (Å²) < 4.78 is 6.30. The second-order valence-electron chi connectivity index (χ2n) is 9.21. The number of nitrogens with zero attached hydrogens (tertiary/aromatic N) is 5. The van der Waals surface area contributed by atoms with Crippen LogP contribution in [0, 0.1) is 0 Å². The van der Waals surface area contributed by atoms with Gasteiger partial charge in [0.15, 0.2) is 0 Å². The second kappa shape index (κ2) is 11.3. The van der Waals surface area contributed by atoms with E-state index in [0.717, 1.165) is 75.3 Å². The predicted octanol–water partition coefficient (Wildman–Crippen LogP) is 6.07. The summed E-state index contributed by atoms with van der Waals surface area (Å²) in [7, 11) is 0. The number of unbranched alkanes of at least 4 members (excludes halogenated alkanes) is 1. The molecule has 1 aromatic heterocycles. The van der Waals surface area contributed by atoms with Gasteiger partial charge in [-0.1, -0.05) is 19.4 Å². The van der Waals surface area contributed by atoms with Gasteiger partial charge in [-0.2, -0.15) is 0 Å². The van der Waals surface area contributed by atoms with Crippen LogP contribution in [0.4, 0.5) is 0 Å². The first-order valence-electron chi connectivity index (χ1n) is 12.7. The molecule has 8 bridgehead atoms. The van der Waals surface area contributed by atoms with Gasteiger partial charge >= 0.3 is 0 Å². The van der Waals surface area contributed by atoms with Crippen molar-refractivity contribution in [2.24, 2.45) is 20.0 Å². The Morgan fingerprint density at radius 1 is 0.763 bits per heavy atom. The third-order valence-corrected chi connectivity index (χ3v) is 6.45. The molecule has 0 saturated carbocycles. The third kappa shape index (κ3) is 5.41. The van der Waals surface area contributed by atoms with Crippen LogP contribution < -0.4 is 0 Å². The summed E-state index contributed by atoms with van der Waals surface area (Å²) in [5, 5.41) is 0. The Kier molecular flexibility index (Phi) is 7.70. The van der Waals surface area contributed by atoms with Crippen molar-refractivity contribution in [3.63, 3.8) is 0 Å². The summed E-state index contributed by atoms with van der Waals surface area (Å²) in [6, 6.07) is 5.95. The van der Waals surface area contributed by atoms with Gasteiger partial charge < -0.3 is 4.74 Å². The SMILES string of the molecule is CCCCOC(C)C1=C(c2ccccn2)C2=NC1=CC1=NC(=CC3=NC(=CC4=NC(=C2)C=C4)C=C3)C=C1.[Mn]. The normalized spacial score (nSPS) is 19.7. The van der Waals surface area contributed by atoms with Gasteiger partial charge in [-0.3, -0.25) is 4.98 Å². The van der Waals surface area contributed by atoms with E-state index in [1.54, 1.807) is 0 Å². The molecule has 0 N–H and O–H groups in total. The molecule has 1 radical (unpaired) electrons. The van der Waals surface area contributed by atoms with Crippen LogP contribution in [0.2, 0.25) is 0 Å². The molecule has 1 aromatic rings. The summed E-state index contributed by atoms with van der Waals surface area (Å²) in [5.41, 5.74) is 9.59. The molecule has 6 heterocycles. The monoisotopic (exact) mass is 540 g/mol. The van der Waals surface area contributed by atoms with E-state index in [2.05, 4.69) is 13.8 Å². The topological polar surface area (TPSA) is 71.6 Å². The van der Waals surface area contributed by atoms with Gasteiger partial charge in [0.2, 0.25) is 0 Å². The van der Waals surface area contributed by atoms with Gasteiger partial charge in [0.1, 0.15) is 0 Å². The Balaban J connectivity index is 0.00000294. The molecule has 1 atom stereocenters. The van der Waals surface area contributed by atoms with Crippen molar-refractivity contribution < 1.29 is 21.8 Å². The molecular formula is C31H27MnN5O. The average Bonchev–Trinajstić information content (AvgIpc) is 3.69. The van der Waals surface area contributed by atoms with Crippen LogP contribution in [0.3, 0.4) is 0 Å². The molecule has 6 nitrogen and oxygen atoms in total. The minimum Gasteiger partial charge on any atom is -0.374 e. The van der Waals surface area contributed by atoms with Crippen molar-refractivity contribution in [3.05, 3.63) is 119 Å². The minimum absolute atomic E-state index is 0. The molecule has 6 rings (SSSR count). The molecule has 0 fully saturated rings. The van der Waals surface area contributed by atoms with E-state index >= 15 is 0 Å². The Morgan fingerprint density at radius 2 is 1.39 bits per heavy atom. The fourth-order valence-corrected chi connectivity index (χ4v) is 4.65. The number of hydrogen-bond acceptors (Lipinski definition) is 6. The molecule has 5 aliphatic rings. The van der Waals surface area contributed by atoms with Crippen LogP contribution in [0.5, 0.6) is 0 Å². The van der Waals surface area contributed by atoms with E-state index in [4.69, 9.17) is 29.7 Å². The van der Waals surface area contributed by atoms with Gasteiger partial charge in [0, 0.05) is 41.0 Å². The second-order valence-corrected chi connectivity index (χ2v) is 9.21. The summed E-state index contributed by atoms with van der Waals surface area (Å²) >= 11 is 0. The molecule has 1 unspecified atom stereocenters. The van der Waals surface area contributed by atoms with Crippen molar-refractivity contribution in [1.82, 2.24) is 4.98 Å². The first kappa shape index (κ1) is 25.9. The predicted molar refractivity (Wildman–Crippen MR) is 151 cm³/mol. The smallest absolute Gasteiger partial charge is 0.0825 e. The zero-order valence-electron chi connectivity index (χ0n) is 21.3. The number of ether oxygens (including phenoxy) is 1. The van der Waals surface area contributed by atoms with E-state index in [9.17, 15) is 0 Å². The Bertz CT molecular complexity index is 1520. The fourth-order valence-electron chi connectivity index (χ4n) is 4.65. The van der Waals surface area contributed by atoms with E-state index in [1.807, 2.05) is 85.2 Å². The largest absolute Gasteiger partial charge is 0.374 e. The maximum atomic E-state index is 6.30.